The Morgan fingerprint density at radius 3 is 2.31 bits per heavy atom. The zero-order chi connectivity index (χ0) is 25.7. The molecule has 11 heteroatoms. The molecule has 0 atom stereocenters. The molecule has 1 fully saturated rings. The van der Waals surface area contributed by atoms with Crippen LogP contribution in [0.4, 0.5) is 0 Å². The van der Waals surface area contributed by atoms with Gasteiger partial charge in [-0.25, -0.2) is 16.8 Å². The van der Waals surface area contributed by atoms with E-state index in [9.17, 15) is 21.6 Å². The minimum Gasteiger partial charge on any atom is -0.494 e. The molecule has 9 nitrogen and oxygen atoms in total. The highest BCUT2D eigenvalue weighted by Crippen LogP contribution is 2.25. The molecule has 1 aliphatic heterocycles. The van der Waals surface area contributed by atoms with Crippen molar-refractivity contribution in [3.05, 3.63) is 48.8 Å². The summed E-state index contributed by atoms with van der Waals surface area (Å²) in [5.74, 6) is 0.510. The number of benzene rings is 1. The van der Waals surface area contributed by atoms with Gasteiger partial charge < -0.3 is 10.1 Å². The Morgan fingerprint density at radius 2 is 1.74 bits per heavy atom. The summed E-state index contributed by atoms with van der Waals surface area (Å²) in [5, 5.41) is 3.08. The fourth-order valence-corrected chi connectivity index (χ4v) is 5.94. The molecule has 1 aliphatic rings. The quantitative estimate of drug-likeness (QED) is 0.475. The van der Waals surface area contributed by atoms with Crippen LogP contribution in [0.5, 0.6) is 5.75 Å². The standard InChI is InChI=1S/C24H33N3O6S2/c1-24(2,13-5-17-33-20-7-9-21(10-8-20)34(3,29)30)23(28)26-19-11-15-27(16-12-19)35(31,32)22-6-4-14-25-18-22/h4,6-10,14,18-19H,5,11-13,15-17H2,1-3H3,(H,26,28). The topological polar surface area (TPSA) is 123 Å². The number of sulfonamides is 1. The SMILES string of the molecule is CC(C)(CCCOc1ccc(S(C)(=O)=O)cc1)C(=O)NC1CCN(S(=O)(=O)c2cccnc2)CC1. The third kappa shape index (κ3) is 7.25. The van der Waals surface area contributed by atoms with Gasteiger partial charge in [-0.2, -0.15) is 4.31 Å². The van der Waals surface area contributed by atoms with Crippen molar-refractivity contribution in [3.8, 4) is 5.75 Å². The van der Waals surface area contributed by atoms with E-state index in [4.69, 9.17) is 4.74 Å². The second kappa shape index (κ2) is 11.0. The second-order valence-electron chi connectivity index (χ2n) is 9.42. The molecule has 0 aliphatic carbocycles. The molecule has 0 radical (unpaired) electrons. The smallest absolute Gasteiger partial charge is 0.244 e. The van der Waals surface area contributed by atoms with Crippen LogP contribution in [0.15, 0.2) is 58.6 Å². The van der Waals surface area contributed by atoms with Gasteiger partial charge in [-0.3, -0.25) is 9.78 Å². The average Bonchev–Trinajstić information content (AvgIpc) is 2.82. The van der Waals surface area contributed by atoms with Gasteiger partial charge in [0.2, 0.25) is 15.9 Å². The van der Waals surface area contributed by atoms with Crippen LogP contribution in [0.1, 0.15) is 39.5 Å². The number of hydrogen-bond donors (Lipinski definition) is 1. The molecular formula is C24H33N3O6S2. The van der Waals surface area contributed by atoms with E-state index in [0.717, 1.165) is 6.26 Å². The lowest BCUT2D eigenvalue weighted by atomic mass is 9.86. The predicted molar refractivity (Wildman–Crippen MR) is 132 cm³/mol. The number of carbonyl (C=O) groups excluding carboxylic acids is 1. The van der Waals surface area contributed by atoms with E-state index in [2.05, 4.69) is 10.3 Å². The van der Waals surface area contributed by atoms with Crippen LogP contribution in [-0.2, 0) is 24.7 Å². The van der Waals surface area contributed by atoms with E-state index >= 15 is 0 Å². The normalized spacial score (nSPS) is 16.1. The average molecular weight is 524 g/mol. The van der Waals surface area contributed by atoms with Crippen LogP contribution in [0, 0.1) is 5.41 Å². The van der Waals surface area contributed by atoms with Crippen molar-refractivity contribution in [2.75, 3.05) is 26.0 Å². The van der Waals surface area contributed by atoms with Gasteiger partial charge in [0.15, 0.2) is 9.84 Å². The van der Waals surface area contributed by atoms with E-state index in [1.54, 1.807) is 18.2 Å². The van der Waals surface area contributed by atoms with Gasteiger partial charge in [0, 0.05) is 43.2 Å². The van der Waals surface area contributed by atoms with Crippen LogP contribution in [0.2, 0.25) is 0 Å². The lowest BCUT2D eigenvalue weighted by Gasteiger charge is -2.33. The maximum Gasteiger partial charge on any atom is 0.244 e. The first-order chi connectivity index (χ1) is 16.4. The predicted octanol–water partition coefficient (Wildman–Crippen LogP) is 2.64. The number of aromatic nitrogens is 1. The number of carbonyl (C=O) groups is 1. The van der Waals surface area contributed by atoms with Crippen molar-refractivity contribution < 1.29 is 26.4 Å². The van der Waals surface area contributed by atoms with Crippen molar-refractivity contribution in [2.24, 2.45) is 5.41 Å². The maximum absolute atomic E-state index is 12.9. The van der Waals surface area contributed by atoms with Gasteiger partial charge in [0.1, 0.15) is 10.6 Å². The molecule has 2 aromatic rings. The fraction of sp³-hybridized carbons (Fsp3) is 0.500. The first kappa shape index (κ1) is 27.1. The second-order valence-corrected chi connectivity index (χ2v) is 13.4. The summed E-state index contributed by atoms with van der Waals surface area (Å²) >= 11 is 0. The largest absolute Gasteiger partial charge is 0.494 e. The summed E-state index contributed by atoms with van der Waals surface area (Å²) in [6, 6.07) is 9.32. The van der Waals surface area contributed by atoms with Gasteiger partial charge in [-0.1, -0.05) is 13.8 Å². The lowest BCUT2D eigenvalue weighted by molar-refractivity contribution is -0.130. The summed E-state index contributed by atoms with van der Waals surface area (Å²) in [6.45, 7) is 4.85. The summed E-state index contributed by atoms with van der Waals surface area (Å²) < 4.78 is 55.7. The molecule has 1 saturated heterocycles. The van der Waals surface area contributed by atoms with E-state index in [-0.39, 0.29) is 21.7 Å². The fourth-order valence-electron chi connectivity index (χ4n) is 3.87. The van der Waals surface area contributed by atoms with E-state index in [1.165, 1.54) is 34.9 Å². The van der Waals surface area contributed by atoms with Gasteiger partial charge in [-0.05, 0) is 62.1 Å². The Bertz CT molecular complexity index is 1210. The minimum absolute atomic E-state index is 0.0661. The third-order valence-electron chi connectivity index (χ3n) is 6.14. The van der Waals surface area contributed by atoms with Crippen molar-refractivity contribution in [1.82, 2.24) is 14.6 Å². The number of nitrogens with one attached hydrogen (secondary N) is 1. The first-order valence-corrected chi connectivity index (χ1v) is 14.9. The molecule has 1 amide bonds. The molecule has 1 N–H and O–H groups in total. The molecule has 0 bridgehead atoms. The Balaban J connectivity index is 1.42. The summed E-state index contributed by atoms with van der Waals surface area (Å²) in [7, 11) is -6.82. The lowest BCUT2D eigenvalue weighted by Crippen LogP contribution is -2.49. The van der Waals surface area contributed by atoms with Crippen LogP contribution in [0.3, 0.4) is 0 Å². The van der Waals surface area contributed by atoms with Gasteiger partial charge in [-0.15, -0.1) is 0 Å². The number of nitrogens with zero attached hydrogens (tertiary/aromatic N) is 2. The number of ether oxygens (including phenoxy) is 1. The van der Waals surface area contributed by atoms with Crippen molar-refractivity contribution >= 4 is 25.8 Å². The highest BCUT2D eigenvalue weighted by Gasteiger charge is 2.33. The molecule has 0 unspecified atom stereocenters. The summed E-state index contributed by atoms with van der Waals surface area (Å²) in [6.07, 6.45) is 6.39. The highest BCUT2D eigenvalue weighted by molar-refractivity contribution is 7.90. The van der Waals surface area contributed by atoms with Crippen LogP contribution in [-0.4, -0.2) is 64.0 Å². The molecule has 0 saturated carbocycles. The van der Waals surface area contributed by atoms with Gasteiger partial charge in [0.05, 0.1) is 11.5 Å². The molecule has 35 heavy (non-hydrogen) atoms. The maximum atomic E-state index is 12.9. The summed E-state index contributed by atoms with van der Waals surface area (Å²) in [5.41, 5.74) is -0.609. The Labute approximate surface area is 207 Å². The zero-order valence-electron chi connectivity index (χ0n) is 20.3. The first-order valence-electron chi connectivity index (χ1n) is 11.5. The Kier molecular flexibility index (Phi) is 8.55. The zero-order valence-corrected chi connectivity index (χ0v) is 21.9. The van der Waals surface area contributed by atoms with Crippen molar-refractivity contribution in [3.63, 3.8) is 0 Å². The molecule has 1 aromatic carbocycles. The van der Waals surface area contributed by atoms with Gasteiger partial charge >= 0.3 is 0 Å². The number of rotatable bonds is 10. The molecule has 192 valence electrons. The van der Waals surface area contributed by atoms with Gasteiger partial charge in [0.25, 0.3) is 0 Å². The van der Waals surface area contributed by atoms with Crippen LogP contribution < -0.4 is 10.1 Å². The minimum atomic E-state index is -3.58. The number of pyridine rings is 1. The molecular weight excluding hydrogens is 490 g/mol. The number of sulfone groups is 1. The van der Waals surface area contributed by atoms with Crippen molar-refractivity contribution in [2.45, 2.75) is 55.4 Å². The third-order valence-corrected chi connectivity index (χ3v) is 9.15. The molecule has 1 aromatic heterocycles. The molecule has 0 spiro atoms. The van der Waals surface area contributed by atoms with Crippen LogP contribution >= 0.6 is 0 Å². The number of hydrogen-bond acceptors (Lipinski definition) is 7. The Morgan fingerprint density at radius 1 is 1.09 bits per heavy atom. The number of piperidine rings is 1. The van der Waals surface area contributed by atoms with E-state index < -0.39 is 25.3 Å². The highest BCUT2D eigenvalue weighted by atomic mass is 32.2. The summed E-state index contributed by atoms with van der Waals surface area (Å²) in [4.78, 5) is 17.2. The van der Waals surface area contributed by atoms with E-state index in [1.807, 2.05) is 13.8 Å². The van der Waals surface area contributed by atoms with E-state index in [0.29, 0.717) is 51.1 Å². The van der Waals surface area contributed by atoms with Crippen LogP contribution in [0.25, 0.3) is 0 Å². The molecule has 3 rings (SSSR count). The number of amides is 1. The van der Waals surface area contributed by atoms with Crippen molar-refractivity contribution in [1.29, 1.82) is 0 Å². The molecule has 2 heterocycles. The monoisotopic (exact) mass is 523 g/mol. The Hall–Kier alpha value is -2.50.